The van der Waals surface area contributed by atoms with Crippen LogP contribution in [-0.4, -0.2) is 64.8 Å². The molecule has 0 unspecified atom stereocenters. The van der Waals surface area contributed by atoms with Crippen molar-refractivity contribution >= 4 is 33.7 Å². The molecule has 10 heteroatoms. The first-order valence-electron chi connectivity index (χ1n) is 10.7. The average molecular weight is 426 g/mol. The lowest BCUT2D eigenvalue weighted by atomic mass is 10.1. The van der Waals surface area contributed by atoms with Gasteiger partial charge < -0.3 is 10.2 Å². The van der Waals surface area contributed by atoms with Crippen molar-refractivity contribution in [3.63, 3.8) is 0 Å². The van der Waals surface area contributed by atoms with Crippen LogP contribution in [-0.2, 0) is 0 Å². The summed E-state index contributed by atoms with van der Waals surface area (Å²) in [5, 5.41) is 17.3. The second kappa shape index (κ2) is 7.65. The molecule has 0 radical (unpaired) electrons. The molecule has 0 aliphatic carbocycles. The second-order valence-electron chi connectivity index (χ2n) is 8.16. The molecule has 5 aromatic rings. The average Bonchev–Trinajstić information content (AvgIpc) is 3.46. The number of rotatable bonds is 4. The minimum atomic E-state index is 0.427. The van der Waals surface area contributed by atoms with E-state index in [2.05, 4.69) is 47.6 Å². The maximum Gasteiger partial charge on any atom is 0.229 e. The fraction of sp³-hybridized carbons (Fsp3) is 0.273. The van der Waals surface area contributed by atoms with Crippen LogP contribution >= 0.6 is 0 Å². The Bertz CT molecular complexity index is 1400. The molecule has 0 amide bonds. The molecule has 1 aliphatic heterocycles. The fourth-order valence-electron chi connectivity index (χ4n) is 4.13. The first-order valence-corrected chi connectivity index (χ1v) is 10.7. The topological polar surface area (TPSA) is 102 Å². The number of fused-ring (bicyclic) bond motifs is 2. The highest BCUT2D eigenvalue weighted by Crippen LogP contribution is 2.24. The summed E-state index contributed by atoms with van der Waals surface area (Å²) in [7, 11) is 2.16. The second-order valence-corrected chi connectivity index (χ2v) is 8.16. The van der Waals surface area contributed by atoms with E-state index in [4.69, 9.17) is 0 Å². The molecule has 10 nitrogen and oxygen atoms in total. The van der Waals surface area contributed by atoms with Gasteiger partial charge >= 0.3 is 0 Å². The summed E-state index contributed by atoms with van der Waals surface area (Å²) in [6.45, 7) is 2.18. The van der Waals surface area contributed by atoms with Crippen LogP contribution in [0.5, 0.6) is 0 Å². The van der Waals surface area contributed by atoms with Gasteiger partial charge in [-0.05, 0) is 45.1 Å². The van der Waals surface area contributed by atoms with Gasteiger partial charge in [0.1, 0.15) is 0 Å². The first kappa shape index (κ1) is 18.8. The van der Waals surface area contributed by atoms with Crippen molar-refractivity contribution in [3.8, 4) is 5.69 Å². The minimum absolute atomic E-state index is 0.427. The molecule has 0 spiro atoms. The monoisotopic (exact) mass is 426 g/mol. The summed E-state index contributed by atoms with van der Waals surface area (Å²) in [6.07, 6.45) is 9.48. The Morgan fingerprint density at radius 2 is 1.88 bits per heavy atom. The third-order valence-corrected chi connectivity index (χ3v) is 5.93. The Morgan fingerprint density at radius 3 is 2.78 bits per heavy atom. The molecule has 1 aliphatic rings. The van der Waals surface area contributed by atoms with Crippen LogP contribution < -0.4 is 5.32 Å². The van der Waals surface area contributed by atoms with Gasteiger partial charge in [-0.1, -0.05) is 23.4 Å². The number of hydrogen-bond donors (Lipinski definition) is 1. The molecule has 1 N–H and O–H groups in total. The number of aromatic nitrogens is 8. The van der Waals surface area contributed by atoms with Crippen molar-refractivity contribution in [3.05, 3.63) is 55.1 Å². The number of nitrogens with one attached hydrogen (secondary N) is 1. The predicted octanol–water partition coefficient (Wildman–Crippen LogP) is 2.97. The van der Waals surface area contributed by atoms with Crippen molar-refractivity contribution in [2.75, 3.05) is 25.5 Å². The van der Waals surface area contributed by atoms with Crippen LogP contribution in [0.2, 0.25) is 0 Å². The number of hydrogen-bond acceptors (Lipinski definition) is 8. The third-order valence-electron chi connectivity index (χ3n) is 5.93. The summed E-state index contributed by atoms with van der Waals surface area (Å²) < 4.78 is 3.73. The van der Waals surface area contributed by atoms with Gasteiger partial charge in [-0.3, -0.25) is 9.67 Å². The highest BCUT2D eigenvalue weighted by Gasteiger charge is 2.19. The van der Waals surface area contributed by atoms with Gasteiger partial charge in [0.2, 0.25) is 5.95 Å². The van der Waals surface area contributed by atoms with E-state index in [1.165, 1.54) is 0 Å². The Morgan fingerprint density at radius 1 is 1.00 bits per heavy atom. The van der Waals surface area contributed by atoms with Gasteiger partial charge in [-0.15, -0.1) is 5.10 Å². The molecule has 1 saturated heterocycles. The molecule has 0 atom stereocenters. The van der Waals surface area contributed by atoms with Gasteiger partial charge in [-0.2, -0.15) is 14.8 Å². The Kier molecular flexibility index (Phi) is 4.50. The number of piperidine rings is 1. The van der Waals surface area contributed by atoms with Crippen LogP contribution in [0.1, 0.15) is 18.9 Å². The number of benzene rings is 1. The summed E-state index contributed by atoms with van der Waals surface area (Å²) in [6, 6.07) is 10.4. The van der Waals surface area contributed by atoms with Crippen molar-refractivity contribution in [1.29, 1.82) is 0 Å². The fourth-order valence-corrected chi connectivity index (χ4v) is 4.13. The summed E-state index contributed by atoms with van der Waals surface area (Å²) in [4.78, 5) is 15.9. The number of para-hydroxylation sites is 1. The number of nitrogens with zero attached hydrogens (tertiary/aromatic N) is 9. The smallest absolute Gasteiger partial charge is 0.229 e. The molecule has 32 heavy (non-hydrogen) atoms. The normalized spacial score (nSPS) is 15.5. The standard InChI is InChI=1S/C22H22N10/c1-30-8-6-17(7-9-30)31-14-16(11-25-31)26-22-24-13-20-21(27-22)32(29-28-20)18-10-15-4-2-3-5-19(15)23-12-18/h2-5,10-14,17H,6-9H2,1H3,(H,24,26,27). The molecular formula is C22H22N10. The predicted molar refractivity (Wildman–Crippen MR) is 121 cm³/mol. The molecule has 4 aromatic heterocycles. The minimum Gasteiger partial charge on any atom is -0.321 e. The van der Waals surface area contributed by atoms with E-state index in [9.17, 15) is 0 Å². The van der Waals surface area contributed by atoms with Crippen LogP contribution in [0, 0.1) is 0 Å². The lowest BCUT2D eigenvalue weighted by Gasteiger charge is -2.28. The van der Waals surface area contributed by atoms with Gasteiger partial charge in [0.15, 0.2) is 11.2 Å². The van der Waals surface area contributed by atoms with Crippen LogP contribution in [0.15, 0.2) is 55.1 Å². The van der Waals surface area contributed by atoms with E-state index >= 15 is 0 Å². The Balaban J connectivity index is 1.28. The van der Waals surface area contributed by atoms with E-state index in [-0.39, 0.29) is 0 Å². The molecule has 1 aromatic carbocycles. The van der Waals surface area contributed by atoms with Crippen LogP contribution in [0.3, 0.4) is 0 Å². The highest BCUT2D eigenvalue weighted by atomic mass is 15.4. The van der Waals surface area contributed by atoms with Gasteiger partial charge in [0, 0.05) is 11.6 Å². The lowest BCUT2D eigenvalue weighted by molar-refractivity contribution is 0.212. The molecule has 0 bridgehead atoms. The number of pyridine rings is 1. The Labute approximate surface area is 183 Å². The van der Waals surface area contributed by atoms with Crippen LogP contribution in [0.4, 0.5) is 11.6 Å². The van der Waals surface area contributed by atoms with E-state index in [1.54, 1.807) is 17.1 Å². The van der Waals surface area contributed by atoms with Gasteiger partial charge in [0.25, 0.3) is 0 Å². The number of likely N-dealkylation sites (tertiary alicyclic amines) is 1. The molecule has 160 valence electrons. The van der Waals surface area contributed by atoms with Gasteiger partial charge in [-0.25, -0.2) is 4.98 Å². The molecule has 5 heterocycles. The maximum atomic E-state index is 4.66. The van der Waals surface area contributed by atoms with Crippen molar-refractivity contribution in [2.45, 2.75) is 18.9 Å². The molecule has 0 saturated carbocycles. The molecule has 6 rings (SSSR count). The summed E-state index contributed by atoms with van der Waals surface area (Å²) in [5.41, 5.74) is 3.81. The van der Waals surface area contributed by atoms with Crippen LogP contribution in [0.25, 0.3) is 27.8 Å². The Hall–Kier alpha value is -3.92. The van der Waals surface area contributed by atoms with E-state index < -0.39 is 0 Å². The highest BCUT2D eigenvalue weighted by molar-refractivity contribution is 5.81. The van der Waals surface area contributed by atoms with Crippen molar-refractivity contribution in [1.82, 2.24) is 44.6 Å². The quantitative estimate of drug-likeness (QED) is 0.468. The van der Waals surface area contributed by atoms with Crippen molar-refractivity contribution < 1.29 is 0 Å². The zero-order chi connectivity index (χ0) is 21.5. The zero-order valence-electron chi connectivity index (χ0n) is 17.6. The van der Waals surface area contributed by atoms with E-state index in [1.807, 2.05) is 47.4 Å². The van der Waals surface area contributed by atoms with Crippen molar-refractivity contribution in [2.24, 2.45) is 0 Å². The first-order chi connectivity index (χ1) is 15.7. The maximum absolute atomic E-state index is 4.66. The SMILES string of the molecule is CN1CCC(n2cc(Nc3ncc4nnn(-c5cnc6ccccc6c5)c4n3)cn2)CC1. The van der Waals surface area contributed by atoms with E-state index in [0.717, 1.165) is 48.2 Å². The third kappa shape index (κ3) is 3.44. The summed E-state index contributed by atoms with van der Waals surface area (Å²) in [5.74, 6) is 0.470. The van der Waals surface area contributed by atoms with Gasteiger partial charge in [0.05, 0.1) is 41.5 Å². The molecule has 1 fully saturated rings. The molecular weight excluding hydrogens is 404 g/mol. The lowest BCUT2D eigenvalue weighted by Crippen LogP contribution is -2.31. The number of anilines is 2. The zero-order valence-corrected chi connectivity index (χ0v) is 17.6. The largest absolute Gasteiger partial charge is 0.321 e. The summed E-state index contributed by atoms with van der Waals surface area (Å²) >= 11 is 0. The van der Waals surface area contributed by atoms with E-state index in [0.29, 0.717) is 23.2 Å².